The molecule has 0 amide bonds. The Labute approximate surface area is 70.2 Å². The van der Waals surface area contributed by atoms with E-state index in [2.05, 4.69) is 0 Å². The Kier molecular flexibility index (Phi) is 3.03. The molecular weight excluding hydrogens is 164 g/mol. The molecule has 1 aliphatic rings. The molecule has 0 bridgehead atoms. The first-order valence-electron chi connectivity index (χ1n) is 3.88. The van der Waals surface area contributed by atoms with Gasteiger partial charge in [0.1, 0.15) is 24.4 Å². The molecule has 2 unspecified atom stereocenters. The van der Waals surface area contributed by atoms with Crippen molar-refractivity contribution in [2.45, 2.75) is 37.4 Å². The van der Waals surface area contributed by atoms with Gasteiger partial charge < -0.3 is 25.2 Å². The van der Waals surface area contributed by atoms with Crippen molar-refractivity contribution >= 4 is 0 Å². The van der Waals surface area contributed by atoms with Crippen molar-refractivity contribution in [2.24, 2.45) is 0 Å². The fraction of sp³-hybridized carbons (Fsp3) is 1.00. The standard InChI is InChI=1S/C7H14O5/c1-3-5(9)7(11)6(10)4(2-8)12-3/h3-11H,2H2,1H3/t3?,4-,5+,6?,7-/m1/s1. The Morgan fingerprint density at radius 1 is 1.08 bits per heavy atom. The Balaban J connectivity index is 2.63. The molecule has 0 saturated carbocycles. The number of hydrogen-bond donors (Lipinski definition) is 4. The average Bonchev–Trinajstić information content (AvgIpc) is 2.08. The predicted molar refractivity (Wildman–Crippen MR) is 39.4 cm³/mol. The smallest absolute Gasteiger partial charge is 0.111 e. The molecule has 12 heavy (non-hydrogen) atoms. The van der Waals surface area contributed by atoms with Crippen LogP contribution in [0.5, 0.6) is 0 Å². The van der Waals surface area contributed by atoms with Gasteiger partial charge >= 0.3 is 0 Å². The molecule has 0 aliphatic carbocycles. The monoisotopic (exact) mass is 178 g/mol. The molecule has 1 aliphatic heterocycles. The largest absolute Gasteiger partial charge is 0.394 e. The summed E-state index contributed by atoms with van der Waals surface area (Å²) in [4.78, 5) is 0. The lowest BCUT2D eigenvalue weighted by Crippen LogP contribution is -2.57. The Bertz CT molecular complexity index is 146. The zero-order chi connectivity index (χ0) is 9.30. The molecule has 0 spiro atoms. The lowest BCUT2D eigenvalue weighted by molar-refractivity contribution is -0.224. The molecule has 5 atom stereocenters. The molecule has 0 aromatic rings. The number of rotatable bonds is 1. The van der Waals surface area contributed by atoms with Crippen molar-refractivity contribution in [3.8, 4) is 0 Å². The van der Waals surface area contributed by atoms with E-state index in [1.807, 2.05) is 0 Å². The third-order valence-corrected chi connectivity index (χ3v) is 2.13. The molecule has 1 saturated heterocycles. The van der Waals surface area contributed by atoms with Gasteiger partial charge in [-0.1, -0.05) is 0 Å². The molecule has 5 nitrogen and oxygen atoms in total. The minimum Gasteiger partial charge on any atom is -0.394 e. The predicted octanol–water partition coefficient (Wildman–Crippen LogP) is -2.15. The first kappa shape index (κ1) is 9.88. The van der Waals surface area contributed by atoms with Gasteiger partial charge in [0.25, 0.3) is 0 Å². The van der Waals surface area contributed by atoms with Crippen LogP contribution in [0.2, 0.25) is 0 Å². The van der Waals surface area contributed by atoms with Gasteiger partial charge in [0.05, 0.1) is 12.7 Å². The molecule has 72 valence electrons. The zero-order valence-electron chi connectivity index (χ0n) is 6.79. The molecule has 0 radical (unpaired) electrons. The molecule has 0 aromatic carbocycles. The Morgan fingerprint density at radius 2 is 1.67 bits per heavy atom. The lowest BCUT2D eigenvalue weighted by atomic mass is 9.96. The van der Waals surface area contributed by atoms with Crippen molar-refractivity contribution in [3.05, 3.63) is 0 Å². The Hall–Kier alpha value is -0.200. The van der Waals surface area contributed by atoms with Gasteiger partial charge in [-0.2, -0.15) is 0 Å². The highest BCUT2D eigenvalue weighted by atomic mass is 16.5. The maximum absolute atomic E-state index is 9.23. The maximum atomic E-state index is 9.23. The summed E-state index contributed by atoms with van der Waals surface area (Å²) in [7, 11) is 0. The molecular formula is C7H14O5. The van der Waals surface area contributed by atoms with Crippen molar-refractivity contribution in [1.82, 2.24) is 0 Å². The summed E-state index contributed by atoms with van der Waals surface area (Å²) in [6.07, 6.45) is -4.94. The fourth-order valence-corrected chi connectivity index (χ4v) is 1.29. The minimum absolute atomic E-state index is 0.366. The van der Waals surface area contributed by atoms with Gasteiger partial charge in [-0.15, -0.1) is 0 Å². The second-order valence-corrected chi connectivity index (χ2v) is 3.03. The van der Waals surface area contributed by atoms with Crippen LogP contribution in [0.4, 0.5) is 0 Å². The summed E-state index contributed by atoms with van der Waals surface area (Å²) in [6.45, 7) is 1.21. The van der Waals surface area contributed by atoms with E-state index in [1.165, 1.54) is 0 Å². The summed E-state index contributed by atoms with van der Waals surface area (Å²) in [5.74, 6) is 0. The van der Waals surface area contributed by atoms with Crippen molar-refractivity contribution in [1.29, 1.82) is 0 Å². The highest BCUT2D eigenvalue weighted by Gasteiger charge is 2.41. The van der Waals surface area contributed by atoms with Gasteiger partial charge in [0.2, 0.25) is 0 Å². The second-order valence-electron chi connectivity index (χ2n) is 3.03. The van der Waals surface area contributed by atoms with E-state index in [4.69, 9.17) is 9.84 Å². The molecule has 5 heteroatoms. The van der Waals surface area contributed by atoms with E-state index < -0.39 is 30.5 Å². The van der Waals surface area contributed by atoms with Crippen LogP contribution in [-0.2, 0) is 4.74 Å². The first-order valence-corrected chi connectivity index (χ1v) is 3.88. The quantitative estimate of drug-likeness (QED) is 0.367. The molecule has 1 heterocycles. The van der Waals surface area contributed by atoms with E-state index in [-0.39, 0.29) is 6.61 Å². The first-order chi connectivity index (χ1) is 5.57. The normalized spacial score (nSPS) is 49.2. The van der Waals surface area contributed by atoms with Gasteiger partial charge in [-0.3, -0.25) is 0 Å². The summed E-state index contributed by atoms with van der Waals surface area (Å²) < 4.78 is 5.02. The highest BCUT2D eigenvalue weighted by Crippen LogP contribution is 2.20. The third-order valence-electron chi connectivity index (χ3n) is 2.13. The van der Waals surface area contributed by atoms with Gasteiger partial charge in [-0.25, -0.2) is 0 Å². The zero-order valence-corrected chi connectivity index (χ0v) is 6.79. The van der Waals surface area contributed by atoms with Gasteiger partial charge in [-0.05, 0) is 6.92 Å². The van der Waals surface area contributed by atoms with Crippen LogP contribution in [0.3, 0.4) is 0 Å². The van der Waals surface area contributed by atoms with Crippen LogP contribution in [0.25, 0.3) is 0 Å². The van der Waals surface area contributed by atoms with Crippen LogP contribution >= 0.6 is 0 Å². The molecule has 0 aromatic heterocycles. The number of hydrogen-bond acceptors (Lipinski definition) is 5. The fourth-order valence-electron chi connectivity index (χ4n) is 1.29. The van der Waals surface area contributed by atoms with Crippen molar-refractivity contribution < 1.29 is 25.2 Å². The number of aliphatic hydroxyl groups excluding tert-OH is 4. The summed E-state index contributed by atoms with van der Waals surface area (Å²) in [5.41, 5.74) is 0. The molecule has 4 N–H and O–H groups in total. The number of aliphatic hydroxyl groups is 4. The van der Waals surface area contributed by atoms with Crippen molar-refractivity contribution in [3.63, 3.8) is 0 Å². The summed E-state index contributed by atoms with van der Waals surface area (Å²) in [6, 6.07) is 0. The summed E-state index contributed by atoms with van der Waals surface area (Å²) >= 11 is 0. The highest BCUT2D eigenvalue weighted by molar-refractivity contribution is 4.89. The molecule has 1 rings (SSSR count). The molecule has 1 fully saturated rings. The topological polar surface area (TPSA) is 90.2 Å². The van der Waals surface area contributed by atoms with Crippen LogP contribution in [0.1, 0.15) is 6.92 Å². The van der Waals surface area contributed by atoms with Crippen LogP contribution in [0, 0.1) is 0 Å². The third kappa shape index (κ3) is 1.60. The van der Waals surface area contributed by atoms with E-state index in [0.717, 1.165) is 0 Å². The van der Waals surface area contributed by atoms with E-state index in [0.29, 0.717) is 0 Å². The average molecular weight is 178 g/mol. The summed E-state index contributed by atoms with van der Waals surface area (Å²) in [5, 5.41) is 36.4. The minimum atomic E-state index is -1.24. The van der Waals surface area contributed by atoms with E-state index >= 15 is 0 Å². The maximum Gasteiger partial charge on any atom is 0.111 e. The Morgan fingerprint density at radius 3 is 2.17 bits per heavy atom. The van der Waals surface area contributed by atoms with Crippen molar-refractivity contribution in [2.75, 3.05) is 6.61 Å². The lowest BCUT2D eigenvalue weighted by Gasteiger charge is -2.38. The van der Waals surface area contributed by atoms with Gasteiger partial charge in [0, 0.05) is 0 Å². The van der Waals surface area contributed by atoms with Crippen LogP contribution in [-0.4, -0.2) is 57.6 Å². The number of ether oxygens (including phenoxy) is 1. The van der Waals surface area contributed by atoms with Crippen LogP contribution < -0.4 is 0 Å². The SMILES string of the molecule is CC1O[C@H](CO)C(O)[C@H](O)[C@H]1O. The van der Waals surface area contributed by atoms with Crippen LogP contribution in [0.15, 0.2) is 0 Å². The second kappa shape index (κ2) is 3.68. The van der Waals surface area contributed by atoms with Gasteiger partial charge in [0.15, 0.2) is 0 Å². The van der Waals surface area contributed by atoms with E-state index in [9.17, 15) is 15.3 Å². The van der Waals surface area contributed by atoms with E-state index in [1.54, 1.807) is 6.92 Å².